The lowest BCUT2D eigenvalue weighted by Gasteiger charge is -2.24. The monoisotopic (exact) mass is 373 g/mol. The van der Waals surface area contributed by atoms with Gasteiger partial charge >= 0.3 is 0 Å². The van der Waals surface area contributed by atoms with Gasteiger partial charge in [0.2, 0.25) is 10.0 Å². The average Bonchev–Trinajstić information content (AvgIpc) is 2.46. The van der Waals surface area contributed by atoms with Crippen molar-refractivity contribution < 1.29 is 13.2 Å². The lowest BCUT2D eigenvalue weighted by atomic mass is 10.1. The van der Waals surface area contributed by atoms with Crippen molar-refractivity contribution in [1.82, 2.24) is 4.72 Å². The molecule has 22 heavy (non-hydrogen) atoms. The molecule has 0 spiro atoms. The van der Waals surface area contributed by atoms with Crippen molar-refractivity contribution in [3.63, 3.8) is 0 Å². The highest BCUT2D eigenvalue weighted by molar-refractivity contribution is 8.03. The van der Waals surface area contributed by atoms with E-state index in [0.29, 0.717) is 20.5 Å². The Hall–Kier alpha value is -1.05. The van der Waals surface area contributed by atoms with Crippen LogP contribution in [0.25, 0.3) is 0 Å². The molecule has 0 fully saturated rings. The largest absolute Gasteiger partial charge is 0.291 e. The number of carbonyl (C=O) groups is 1. The summed E-state index contributed by atoms with van der Waals surface area (Å²) in [6.07, 6.45) is 0. The van der Waals surface area contributed by atoms with Gasteiger partial charge in [0.1, 0.15) is 5.37 Å². The Morgan fingerprint density at radius 2 is 1.68 bits per heavy atom. The molecule has 1 unspecified atom stereocenters. The molecule has 0 aliphatic carbocycles. The fraction of sp³-hybridized carbons (Fsp3) is 0.0714. The Morgan fingerprint density at radius 3 is 2.36 bits per heavy atom. The topological polar surface area (TPSA) is 63.2 Å². The van der Waals surface area contributed by atoms with E-state index in [2.05, 4.69) is 4.72 Å². The Morgan fingerprint density at radius 1 is 1.05 bits per heavy atom. The fourth-order valence-corrected chi connectivity index (χ4v) is 5.40. The van der Waals surface area contributed by atoms with Crippen LogP contribution in [0.4, 0.5) is 0 Å². The van der Waals surface area contributed by atoms with E-state index < -0.39 is 15.4 Å². The van der Waals surface area contributed by atoms with E-state index in [4.69, 9.17) is 23.2 Å². The molecule has 8 heteroatoms. The zero-order valence-electron chi connectivity index (χ0n) is 10.9. The predicted octanol–water partition coefficient (Wildman–Crippen LogP) is 3.59. The van der Waals surface area contributed by atoms with E-state index in [1.807, 2.05) is 0 Å². The normalized spacial score (nSPS) is 19.5. The van der Waals surface area contributed by atoms with Crippen LogP contribution in [-0.2, 0) is 10.0 Å². The number of hydrogen-bond acceptors (Lipinski definition) is 4. The van der Waals surface area contributed by atoms with E-state index in [-0.39, 0.29) is 10.7 Å². The van der Waals surface area contributed by atoms with Gasteiger partial charge in [-0.05, 0) is 42.5 Å². The van der Waals surface area contributed by atoms with Gasteiger partial charge in [0.15, 0.2) is 5.78 Å². The maximum absolute atomic E-state index is 12.5. The molecule has 2 aromatic rings. The maximum atomic E-state index is 12.5. The zero-order valence-corrected chi connectivity index (χ0v) is 14.1. The summed E-state index contributed by atoms with van der Waals surface area (Å²) in [4.78, 5) is 13.1. The summed E-state index contributed by atoms with van der Waals surface area (Å²) < 4.78 is 26.9. The van der Waals surface area contributed by atoms with Gasteiger partial charge in [-0.3, -0.25) is 4.79 Å². The van der Waals surface area contributed by atoms with Crippen LogP contribution in [0.5, 0.6) is 0 Å². The second kappa shape index (κ2) is 5.86. The second-order valence-electron chi connectivity index (χ2n) is 4.58. The summed E-state index contributed by atoms with van der Waals surface area (Å²) in [5, 5.41) is -0.0104. The van der Waals surface area contributed by atoms with Crippen molar-refractivity contribution in [2.24, 2.45) is 0 Å². The SMILES string of the molecule is O=C(c1ccc(Cl)cc1)C1NS(=O)(=O)c2ccc(Cl)cc2S1. The number of Topliss-reactive ketones (excluding diaryl/α,β-unsaturated/α-hetero) is 1. The zero-order chi connectivity index (χ0) is 15.9. The predicted molar refractivity (Wildman–Crippen MR) is 87.2 cm³/mol. The van der Waals surface area contributed by atoms with Crippen LogP contribution in [0.1, 0.15) is 10.4 Å². The van der Waals surface area contributed by atoms with E-state index >= 15 is 0 Å². The number of halogens is 2. The Bertz CT molecular complexity index is 851. The van der Waals surface area contributed by atoms with Crippen LogP contribution >= 0.6 is 35.0 Å². The average molecular weight is 374 g/mol. The van der Waals surface area contributed by atoms with Crippen LogP contribution < -0.4 is 4.72 Å². The van der Waals surface area contributed by atoms with Crippen molar-refractivity contribution in [1.29, 1.82) is 0 Å². The molecule has 1 heterocycles. The van der Waals surface area contributed by atoms with Gasteiger partial charge in [-0.2, -0.15) is 4.72 Å². The highest BCUT2D eigenvalue weighted by Gasteiger charge is 2.34. The lowest BCUT2D eigenvalue weighted by molar-refractivity contribution is 0.0985. The van der Waals surface area contributed by atoms with Gasteiger partial charge in [0.05, 0.1) is 4.90 Å². The van der Waals surface area contributed by atoms with Crippen molar-refractivity contribution >= 4 is 50.8 Å². The van der Waals surface area contributed by atoms with Gasteiger partial charge < -0.3 is 0 Å². The Labute approximate surface area is 141 Å². The second-order valence-corrected chi connectivity index (χ2v) is 8.28. The minimum absolute atomic E-state index is 0.127. The van der Waals surface area contributed by atoms with Crippen LogP contribution in [-0.4, -0.2) is 19.6 Å². The standard InChI is InChI=1S/C14H9Cl2NO3S2/c15-9-3-1-8(2-4-9)13(18)14-17-22(19,20)12-6-5-10(16)7-11(12)21-14/h1-7,14,17H. The van der Waals surface area contributed by atoms with E-state index in [9.17, 15) is 13.2 Å². The number of carbonyl (C=O) groups excluding carboxylic acids is 1. The first-order chi connectivity index (χ1) is 10.4. The molecule has 0 bridgehead atoms. The van der Waals surface area contributed by atoms with E-state index in [0.717, 1.165) is 11.8 Å². The minimum atomic E-state index is -3.75. The van der Waals surface area contributed by atoms with Crippen LogP contribution in [0.3, 0.4) is 0 Å². The third-order valence-corrected chi connectivity index (χ3v) is 6.47. The lowest BCUT2D eigenvalue weighted by Crippen LogP contribution is -2.41. The number of nitrogens with one attached hydrogen (secondary N) is 1. The summed E-state index contributed by atoms with van der Waals surface area (Å²) in [5.74, 6) is -0.337. The van der Waals surface area contributed by atoms with Crippen molar-refractivity contribution in [3.8, 4) is 0 Å². The first-order valence-corrected chi connectivity index (χ1v) is 9.27. The molecule has 1 aliphatic heterocycles. The van der Waals surface area contributed by atoms with Crippen molar-refractivity contribution in [2.75, 3.05) is 0 Å². The third kappa shape index (κ3) is 3.02. The van der Waals surface area contributed by atoms with Gasteiger partial charge in [-0.15, -0.1) is 0 Å². The van der Waals surface area contributed by atoms with Crippen LogP contribution in [0.2, 0.25) is 10.0 Å². The fourth-order valence-electron chi connectivity index (χ4n) is 2.02. The highest BCUT2D eigenvalue weighted by atomic mass is 35.5. The van der Waals surface area contributed by atoms with Crippen LogP contribution in [0.15, 0.2) is 52.3 Å². The summed E-state index contributed by atoms with van der Waals surface area (Å²) >= 11 is 12.8. The first-order valence-electron chi connectivity index (χ1n) is 6.15. The molecule has 1 N–H and O–H groups in total. The molecule has 4 nitrogen and oxygen atoms in total. The molecule has 0 saturated heterocycles. The number of hydrogen-bond donors (Lipinski definition) is 1. The number of thioether (sulfide) groups is 1. The highest BCUT2D eigenvalue weighted by Crippen LogP contribution is 2.37. The van der Waals surface area contributed by atoms with E-state index in [1.165, 1.54) is 12.1 Å². The first kappa shape index (κ1) is 15.8. The van der Waals surface area contributed by atoms with Gasteiger partial charge in [0.25, 0.3) is 0 Å². The van der Waals surface area contributed by atoms with Crippen molar-refractivity contribution in [3.05, 3.63) is 58.1 Å². The Kier molecular flexibility index (Phi) is 4.22. The van der Waals surface area contributed by atoms with Gasteiger partial charge in [-0.25, -0.2) is 8.42 Å². The summed E-state index contributed by atoms with van der Waals surface area (Å²) in [5.41, 5.74) is 0.384. The number of ketones is 1. The molecular weight excluding hydrogens is 365 g/mol. The van der Waals surface area contributed by atoms with Gasteiger partial charge in [0, 0.05) is 20.5 Å². The summed E-state index contributed by atoms with van der Waals surface area (Å²) in [6, 6.07) is 10.8. The molecule has 0 aromatic heterocycles. The molecule has 2 aromatic carbocycles. The molecule has 0 saturated carbocycles. The number of rotatable bonds is 2. The number of benzene rings is 2. The molecular formula is C14H9Cl2NO3S2. The minimum Gasteiger partial charge on any atom is -0.291 e. The molecule has 114 valence electrons. The molecule has 0 radical (unpaired) electrons. The third-order valence-electron chi connectivity index (χ3n) is 3.07. The Balaban J connectivity index is 1.97. The van der Waals surface area contributed by atoms with Crippen molar-refractivity contribution in [2.45, 2.75) is 15.2 Å². The maximum Gasteiger partial charge on any atom is 0.243 e. The summed E-state index contributed by atoms with van der Waals surface area (Å²) in [6.45, 7) is 0. The molecule has 0 amide bonds. The quantitative estimate of drug-likeness (QED) is 0.817. The number of sulfonamides is 1. The molecule has 1 aliphatic rings. The molecule has 1 atom stereocenters. The summed E-state index contributed by atoms with van der Waals surface area (Å²) in [7, 11) is -3.75. The van der Waals surface area contributed by atoms with Crippen LogP contribution in [0, 0.1) is 0 Å². The smallest absolute Gasteiger partial charge is 0.243 e. The van der Waals surface area contributed by atoms with E-state index in [1.54, 1.807) is 30.3 Å². The van der Waals surface area contributed by atoms with Gasteiger partial charge in [-0.1, -0.05) is 35.0 Å². The number of fused-ring (bicyclic) bond motifs is 1. The molecule has 3 rings (SSSR count).